The summed E-state index contributed by atoms with van der Waals surface area (Å²) in [5, 5.41) is 10.9. The zero-order chi connectivity index (χ0) is 22.8. The van der Waals surface area contributed by atoms with Crippen LogP contribution < -0.4 is 4.74 Å². The van der Waals surface area contributed by atoms with Crippen LogP contribution in [0.5, 0.6) is 5.75 Å². The van der Waals surface area contributed by atoms with E-state index in [0.29, 0.717) is 18.8 Å². The van der Waals surface area contributed by atoms with E-state index < -0.39 is 46.3 Å². The molecule has 0 atom stereocenters. The van der Waals surface area contributed by atoms with Gasteiger partial charge in [-0.1, -0.05) is 32.3 Å². The third-order valence-electron chi connectivity index (χ3n) is 5.92. The molecule has 1 fully saturated rings. The Morgan fingerprint density at radius 1 is 1.00 bits per heavy atom. The smallest absolute Gasteiger partial charge is 0.429 e. The fraction of sp³-hybridized carbons (Fsp3) is 0.478. The summed E-state index contributed by atoms with van der Waals surface area (Å²) < 4.78 is 87.2. The predicted molar refractivity (Wildman–Crippen MR) is 103 cm³/mol. The third-order valence-corrected chi connectivity index (χ3v) is 5.92. The highest BCUT2D eigenvalue weighted by Crippen LogP contribution is 2.42. The first-order chi connectivity index (χ1) is 14.6. The van der Waals surface area contributed by atoms with Gasteiger partial charge in [0.25, 0.3) is 0 Å². The molecule has 31 heavy (non-hydrogen) atoms. The van der Waals surface area contributed by atoms with E-state index in [1.807, 2.05) is 0 Å². The fourth-order valence-corrected chi connectivity index (χ4v) is 4.06. The minimum atomic E-state index is -4.28. The van der Waals surface area contributed by atoms with Crippen LogP contribution in [0.3, 0.4) is 0 Å². The standard InChI is InChI=1S/C23H24F6O2/c1-2-3-4-14-7-9-22(30,10-8-14)15-5-6-17(18(24)11-15)23(28,29)31-16-12-19(25)21(27)20(26)13-16/h5-6,11-14,30H,2-4,7-10H2,1H3. The van der Waals surface area contributed by atoms with Crippen LogP contribution in [0.1, 0.15) is 63.0 Å². The normalized spacial score (nSPS) is 21.9. The molecule has 0 radical (unpaired) electrons. The summed E-state index contributed by atoms with van der Waals surface area (Å²) in [7, 11) is 0. The van der Waals surface area contributed by atoms with Crippen molar-refractivity contribution >= 4 is 0 Å². The summed E-state index contributed by atoms with van der Waals surface area (Å²) >= 11 is 0. The first kappa shape index (κ1) is 23.4. The minimum Gasteiger partial charge on any atom is -0.429 e. The van der Waals surface area contributed by atoms with Gasteiger partial charge in [0, 0.05) is 12.1 Å². The molecule has 0 aliphatic heterocycles. The molecule has 0 bridgehead atoms. The highest BCUT2D eigenvalue weighted by Gasteiger charge is 2.40. The number of alkyl halides is 2. The quantitative estimate of drug-likeness (QED) is 0.369. The Balaban J connectivity index is 1.77. The topological polar surface area (TPSA) is 29.5 Å². The molecule has 2 aromatic rings. The van der Waals surface area contributed by atoms with Gasteiger partial charge in [0.2, 0.25) is 0 Å². The highest BCUT2D eigenvalue weighted by molar-refractivity contribution is 5.32. The largest absolute Gasteiger partial charge is 0.429 e. The number of aliphatic hydroxyl groups is 1. The van der Waals surface area contributed by atoms with Gasteiger partial charge in [0.1, 0.15) is 11.6 Å². The highest BCUT2D eigenvalue weighted by atomic mass is 19.3. The Labute approximate surface area is 176 Å². The van der Waals surface area contributed by atoms with Crippen LogP contribution in [-0.4, -0.2) is 5.11 Å². The van der Waals surface area contributed by atoms with Gasteiger partial charge in [-0.05, 0) is 49.3 Å². The van der Waals surface area contributed by atoms with Gasteiger partial charge in [-0.3, -0.25) is 0 Å². The van der Waals surface area contributed by atoms with Crippen molar-refractivity contribution in [1.29, 1.82) is 0 Å². The van der Waals surface area contributed by atoms with Crippen LogP contribution in [0, 0.1) is 29.2 Å². The number of rotatable bonds is 7. The number of hydrogen-bond donors (Lipinski definition) is 1. The lowest BCUT2D eigenvalue weighted by molar-refractivity contribution is -0.187. The van der Waals surface area contributed by atoms with Crippen LogP contribution in [0.4, 0.5) is 26.3 Å². The second kappa shape index (κ2) is 9.10. The van der Waals surface area contributed by atoms with E-state index in [2.05, 4.69) is 11.7 Å². The molecule has 0 amide bonds. The van der Waals surface area contributed by atoms with Gasteiger partial charge in [0.15, 0.2) is 17.5 Å². The molecule has 0 unspecified atom stereocenters. The summed E-state index contributed by atoms with van der Waals surface area (Å²) in [5.74, 6) is -7.08. The Morgan fingerprint density at radius 2 is 1.61 bits per heavy atom. The molecule has 170 valence electrons. The molecule has 3 rings (SSSR count). The van der Waals surface area contributed by atoms with E-state index in [-0.39, 0.29) is 17.7 Å². The van der Waals surface area contributed by atoms with Crippen LogP contribution >= 0.6 is 0 Å². The molecule has 1 aliphatic rings. The number of hydrogen-bond acceptors (Lipinski definition) is 2. The van der Waals surface area contributed by atoms with Gasteiger partial charge >= 0.3 is 6.11 Å². The van der Waals surface area contributed by atoms with Crippen LogP contribution in [0.15, 0.2) is 30.3 Å². The molecule has 8 heteroatoms. The molecule has 1 saturated carbocycles. The summed E-state index contributed by atoms with van der Waals surface area (Å²) in [5.41, 5.74) is -2.28. The van der Waals surface area contributed by atoms with Crippen molar-refractivity contribution < 1.29 is 36.2 Å². The van der Waals surface area contributed by atoms with Crippen molar-refractivity contribution in [2.24, 2.45) is 5.92 Å². The van der Waals surface area contributed by atoms with Gasteiger partial charge in [-0.2, -0.15) is 8.78 Å². The fourth-order valence-electron chi connectivity index (χ4n) is 4.06. The average molecular weight is 446 g/mol. The van der Waals surface area contributed by atoms with Gasteiger partial charge < -0.3 is 9.84 Å². The van der Waals surface area contributed by atoms with Crippen molar-refractivity contribution in [1.82, 2.24) is 0 Å². The Bertz CT molecular complexity index is 899. The molecule has 1 N–H and O–H groups in total. The zero-order valence-electron chi connectivity index (χ0n) is 17.0. The van der Waals surface area contributed by atoms with Crippen LogP contribution in [0.25, 0.3) is 0 Å². The van der Waals surface area contributed by atoms with Gasteiger partial charge in [-0.25, -0.2) is 17.6 Å². The Hall–Kier alpha value is -2.22. The second-order valence-electron chi connectivity index (χ2n) is 8.13. The zero-order valence-corrected chi connectivity index (χ0v) is 17.0. The van der Waals surface area contributed by atoms with Crippen molar-refractivity contribution in [2.45, 2.75) is 63.6 Å². The molecule has 2 nitrogen and oxygen atoms in total. The molecule has 0 aromatic heterocycles. The number of benzene rings is 2. The summed E-state index contributed by atoms with van der Waals surface area (Å²) in [4.78, 5) is 0. The summed E-state index contributed by atoms with van der Waals surface area (Å²) in [6.07, 6.45) is 1.31. The molecule has 0 saturated heterocycles. The monoisotopic (exact) mass is 446 g/mol. The van der Waals surface area contributed by atoms with Gasteiger partial charge in [-0.15, -0.1) is 0 Å². The molecule has 0 spiro atoms. The predicted octanol–water partition coefficient (Wildman–Crippen LogP) is 6.94. The molecule has 1 aliphatic carbocycles. The SMILES string of the molecule is CCCCC1CCC(O)(c2ccc(C(F)(F)Oc3cc(F)c(F)c(F)c3)c(F)c2)CC1. The summed E-state index contributed by atoms with van der Waals surface area (Å²) in [6.45, 7) is 2.10. The molecule has 0 heterocycles. The lowest BCUT2D eigenvalue weighted by Gasteiger charge is -2.36. The van der Waals surface area contributed by atoms with Crippen LogP contribution in [-0.2, 0) is 11.7 Å². The minimum absolute atomic E-state index is 0.192. The molecule has 2 aromatic carbocycles. The maximum Gasteiger partial charge on any atom is 0.429 e. The van der Waals surface area contributed by atoms with E-state index >= 15 is 0 Å². The van der Waals surface area contributed by atoms with Crippen molar-refractivity contribution in [3.63, 3.8) is 0 Å². The van der Waals surface area contributed by atoms with Crippen LogP contribution in [0.2, 0.25) is 0 Å². The van der Waals surface area contributed by atoms with E-state index in [4.69, 9.17) is 0 Å². The summed E-state index contributed by atoms with van der Waals surface area (Å²) in [6, 6.07) is 3.32. The molecular formula is C23H24F6O2. The Kier molecular flexibility index (Phi) is 6.88. The first-order valence-electron chi connectivity index (χ1n) is 10.3. The average Bonchev–Trinajstić information content (AvgIpc) is 2.71. The maximum atomic E-state index is 14.6. The van der Waals surface area contributed by atoms with E-state index in [1.54, 1.807) is 0 Å². The number of ether oxygens (including phenoxy) is 1. The van der Waals surface area contributed by atoms with Gasteiger partial charge in [0.05, 0.1) is 11.2 Å². The van der Waals surface area contributed by atoms with E-state index in [0.717, 1.165) is 44.2 Å². The Morgan fingerprint density at radius 3 is 2.16 bits per heavy atom. The molecular weight excluding hydrogens is 422 g/mol. The van der Waals surface area contributed by atoms with Crippen molar-refractivity contribution in [3.05, 3.63) is 64.7 Å². The van der Waals surface area contributed by atoms with Crippen molar-refractivity contribution in [2.75, 3.05) is 0 Å². The van der Waals surface area contributed by atoms with E-state index in [1.165, 1.54) is 6.07 Å². The number of halogens is 6. The van der Waals surface area contributed by atoms with Crippen molar-refractivity contribution in [3.8, 4) is 5.75 Å². The third kappa shape index (κ3) is 5.17. The lowest BCUT2D eigenvalue weighted by atomic mass is 9.74. The second-order valence-corrected chi connectivity index (χ2v) is 8.13. The lowest BCUT2D eigenvalue weighted by Crippen LogP contribution is -2.32. The van der Waals surface area contributed by atoms with E-state index in [9.17, 15) is 31.4 Å². The first-order valence-corrected chi connectivity index (χ1v) is 10.3. The number of unbranched alkanes of at least 4 members (excludes halogenated alkanes) is 1. The maximum absolute atomic E-state index is 14.6.